The van der Waals surface area contributed by atoms with Gasteiger partial charge in [0.1, 0.15) is 5.82 Å². The quantitative estimate of drug-likeness (QED) is 0.635. The maximum atomic E-state index is 13.2. The Labute approximate surface area is 113 Å². The van der Waals surface area contributed by atoms with Gasteiger partial charge in [0.15, 0.2) is 0 Å². The van der Waals surface area contributed by atoms with E-state index in [1.165, 1.54) is 23.1 Å². The van der Waals surface area contributed by atoms with Gasteiger partial charge in [0.25, 0.3) is 11.7 Å². The Morgan fingerprint density at radius 2 is 2.00 bits per heavy atom. The summed E-state index contributed by atoms with van der Waals surface area (Å²) >= 11 is 3.37. The largest absolute Gasteiger partial charge is 0.304 e. The SMILES string of the molecule is CC(C)(CBr)CN1C(=O)C(=O)c2ccc(F)cc21. The minimum atomic E-state index is -0.579. The molecule has 0 saturated carbocycles. The highest BCUT2D eigenvalue weighted by atomic mass is 79.9. The van der Waals surface area contributed by atoms with Crippen molar-refractivity contribution in [3.63, 3.8) is 0 Å². The number of nitrogens with zero attached hydrogens (tertiary/aromatic N) is 1. The molecule has 18 heavy (non-hydrogen) atoms. The minimum Gasteiger partial charge on any atom is -0.304 e. The lowest BCUT2D eigenvalue weighted by molar-refractivity contribution is -0.114. The number of hydrogen-bond acceptors (Lipinski definition) is 2. The molecule has 0 saturated heterocycles. The molecule has 2 rings (SSSR count). The zero-order valence-electron chi connectivity index (χ0n) is 10.2. The summed E-state index contributed by atoms with van der Waals surface area (Å²) in [4.78, 5) is 25.0. The Morgan fingerprint density at radius 1 is 1.33 bits per heavy atom. The molecule has 1 aliphatic heterocycles. The summed E-state index contributed by atoms with van der Waals surface area (Å²) in [6.45, 7) is 4.31. The number of alkyl halides is 1. The second-order valence-electron chi connectivity index (χ2n) is 5.18. The van der Waals surface area contributed by atoms with E-state index >= 15 is 0 Å². The van der Waals surface area contributed by atoms with Crippen LogP contribution in [0.4, 0.5) is 10.1 Å². The van der Waals surface area contributed by atoms with Crippen LogP contribution in [-0.4, -0.2) is 23.6 Å². The van der Waals surface area contributed by atoms with Gasteiger partial charge in [0, 0.05) is 11.9 Å². The lowest BCUT2D eigenvalue weighted by Gasteiger charge is -2.28. The molecule has 1 heterocycles. The first-order chi connectivity index (χ1) is 8.35. The number of amides is 1. The van der Waals surface area contributed by atoms with Gasteiger partial charge in [0.2, 0.25) is 0 Å². The molecule has 0 aliphatic carbocycles. The first kappa shape index (κ1) is 13.2. The number of benzene rings is 1. The van der Waals surface area contributed by atoms with E-state index in [1.807, 2.05) is 13.8 Å². The molecule has 96 valence electrons. The highest BCUT2D eigenvalue weighted by Crippen LogP contribution is 2.33. The second-order valence-corrected chi connectivity index (χ2v) is 5.74. The second kappa shape index (κ2) is 4.46. The van der Waals surface area contributed by atoms with Gasteiger partial charge in [0.05, 0.1) is 11.3 Å². The van der Waals surface area contributed by atoms with Gasteiger partial charge in [-0.3, -0.25) is 9.59 Å². The van der Waals surface area contributed by atoms with Crippen molar-refractivity contribution < 1.29 is 14.0 Å². The molecule has 3 nitrogen and oxygen atoms in total. The van der Waals surface area contributed by atoms with Crippen molar-refractivity contribution in [2.24, 2.45) is 5.41 Å². The van der Waals surface area contributed by atoms with Crippen molar-refractivity contribution in [3.8, 4) is 0 Å². The smallest absolute Gasteiger partial charge is 0.299 e. The lowest BCUT2D eigenvalue weighted by Crippen LogP contribution is -2.38. The van der Waals surface area contributed by atoms with E-state index in [2.05, 4.69) is 15.9 Å². The molecule has 0 aromatic heterocycles. The van der Waals surface area contributed by atoms with E-state index in [9.17, 15) is 14.0 Å². The van der Waals surface area contributed by atoms with Crippen LogP contribution in [0.5, 0.6) is 0 Å². The van der Waals surface area contributed by atoms with Gasteiger partial charge < -0.3 is 4.90 Å². The van der Waals surface area contributed by atoms with E-state index in [4.69, 9.17) is 0 Å². The summed E-state index contributed by atoms with van der Waals surface area (Å²) in [5.41, 5.74) is 0.468. The molecular weight excluding hydrogens is 301 g/mol. The van der Waals surface area contributed by atoms with Crippen LogP contribution in [-0.2, 0) is 4.79 Å². The number of anilines is 1. The minimum absolute atomic E-state index is 0.191. The van der Waals surface area contributed by atoms with Crippen LogP contribution in [0.2, 0.25) is 0 Å². The number of hydrogen-bond donors (Lipinski definition) is 0. The average Bonchev–Trinajstić information content (AvgIpc) is 2.54. The number of ketones is 1. The molecule has 0 spiro atoms. The van der Waals surface area contributed by atoms with Crippen LogP contribution < -0.4 is 4.90 Å². The summed E-state index contributed by atoms with van der Waals surface area (Å²) < 4.78 is 13.2. The van der Waals surface area contributed by atoms with E-state index in [1.54, 1.807) is 0 Å². The number of Topliss-reactive ketones (excluding diaryl/α,β-unsaturated/α-hetero) is 1. The summed E-state index contributed by atoms with van der Waals surface area (Å²) in [6, 6.07) is 3.80. The van der Waals surface area contributed by atoms with Crippen molar-refractivity contribution in [3.05, 3.63) is 29.6 Å². The average molecular weight is 314 g/mol. The predicted octanol–water partition coefficient (Wildman–Crippen LogP) is 2.78. The molecule has 0 unspecified atom stereocenters. The predicted molar refractivity (Wildman–Crippen MR) is 70.7 cm³/mol. The standard InChI is InChI=1S/C13H13BrFNO2/c1-13(2,6-14)7-16-10-5-8(15)3-4-9(10)11(17)12(16)18/h3-5H,6-7H2,1-2H3. The molecule has 1 aromatic rings. The molecule has 5 heteroatoms. The molecule has 0 N–H and O–H groups in total. The van der Waals surface area contributed by atoms with Crippen molar-refractivity contribution in [1.82, 2.24) is 0 Å². The van der Waals surface area contributed by atoms with Crippen molar-refractivity contribution in [2.75, 3.05) is 16.8 Å². The summed E-state index contributed by atoms with van der Waals surface area (Å²) in [6.07, 6.45) is 0. The summed E-state index contributed by atoms with van der Waals surface area (Å²) in [5.74, 6) is -1.59. The third-order valence-corrected chi connectivity index (χ3v) is 4.40. The van der Waals surface area contributed by atoms with Gasteiger partial charge in [-0.15, -0.1) is 0 Å². The maximum Gasteiger partial charge on any atom is 0.299 e. The lowest BCUT2D eigenvalue weighted by atomic mass is 9.96. The maximum absolute atomic E-state index is 13.2. The number of halogens is 2. The molecule has 0 radical (unpaired) electrons. The number of fused-ring (bicyclic) bond motifs is 1. The molecule has 1 aromatic carbocycles. The highest BCUT2D eigenvalue weighted by Gasteiger charge is 2.38. The van der Waals surface area contributed by atoms with Gasteiger partial charge in [-0.25, -0.2) is 4.39 Å². The Morgan fingerprint density at radius 3 is 2.61 bits per heavy atom. The molecule has 0 atom stereocenters. The van der Waals surface area contributed by atoms with Crippen molar-refractivity contribution >= 4 is 33.3 Å². The topological polar surface area (TPSA) is 37.4 Å². The fourth-order valence-corrected chi connectivity index (χ4v) is 2.07. The van der Waals surface area contributed by atoms with Crippen LogP contribution >= 0.6 is 15.9 Å². The Kier molecular flexibility index (Phi) is 3.27. The fraction of sp³-hybridized carbons (Fsp3) is 0.385. The number of carbonyl (C=O) groups is 2. The normalized spacial score (nSPS) is 15.2. The number of rotatable bonds is 3. The Hall–Kier alpha value is -1.23. The molecular formula is C13H13BrFNO2. The van der Waals surface area contributed by atoms with Gasteiger partial charge in [-0.05, 0) is 23.6 Å². The van der Waals surface area contributed by atoms with Crippen molar-refractivity contribution in [1.29, 1.82) is 0 Å². The highest BCUT2D eigenvalue weighted by molar-refractivity contribution is 9.09. The Balaban J connectivity index is 2.42. The van der Waals surface area contributed by atoms with Gasteiger partial charge in [-0.1, -0.05) is 29.8 Å². The zero-order valence-corrected chi connectivity index (χ0v) is 11.8. The van der Waals surface area contributed by atoms with Crippen molar-refractivity contribution in [2.45, 2.75) is 13.8 Å². The first-order valence-electron chi connectivity index (χ1n) is 5.57. The van der Waals surface area contributed by atoms with Crippen LogP contribution in [0.25, 0.3) is 0 Å². The summed E-state index contributed by atoms with van der Waals surface area (Å²) in [7, 11) is 0. The van der Waals surface area contributed by atoms with Gasteiger partial charge in [-0.2, -0.15) is 0 Å². The van der Waals surface area contributed by atoms with Gasteiger partial charge >= 0.3 is 0 Å². The monoisotopic (exact) mass is 313 g/mol. The molecule has 0 fully saturated rings. The fourth-order valence-electron chi connectivity index (χ4n) is 1.89. The first-order valence-corrected chi connectivity index (χ1v) is 6.69. The van der Waals surface area contributed by atoms with Crippen LogP contribution in [0.3, 0.4) is 0 Å². The van der Waals surface area contributed by atoms with E-state index in [0.717, 1.165) is 0 Å². The third-order valence-electron chi connectivity index (χ3n) is 2.88. The third kappa shape index (κ3) is 2.19. The van der Waals surface area contributed by atoms with Crippen LogP contribution in [0.15, 0.2) is 18.2 Å². The summed E-state index contributed by atoms with van der Waals surface area (Å²) in [5, 5.41) is 0.683. The van der Waals surface area contributed by atoms with E-state index in [0.29, 0.717) is 17.6 Å². The molecule has 1 aliphatic rings. The number of carbonyl (C=O) groups excluding carboxylic acids is 2. The zero-order chi connectivity index (χ0) is 13.5. The van der Waals surface area contributed by atoms with E-state index < -0.39 is 17.5 Å². The molecule has 0 bridgehead atoms. The van der Waals surface area contributed by atoms with Crippen LogP contribution in [0, 0.1) is 11.2 Å². The van der Waals surface area contributed by atoms with E-state index in [-0.39, 0.29) is 11.0 Å². The Bertz CT molecular complexity index is 528. The van der Waals surface area contributed by atoms with Crippen LogP contribution in [0.1, 0.15) is 24.2 Å². The molecule has 1 amide bonds.